The summed E-state index contributed by atoms with van der Waals surface area (Å²) in [6.07, 6.45) is 1.94. The molecule has 1 rings (SSSR count). The molecule has 0 amide bonds. The fraction of sp³-hybridized carbons (Fsp3) is 0.571. The minimum Gasteiger partial charge on any atom is -0.496 e. The Morgan fingerprint density at radius 3 is 2.38 bits per heavy atom. The van der Waals surface area contributed by atoms with Crippen molar-refractivity contribution in [3.05, 3.63) is 28.8 Å². The summed E-state index contributed by atoms with van der Waals surface area (Å²) >= 11 is 0. The van der Waals surface area contributed by atoms with Crippen LogP contribution in [0.3, 0.4) is 0 Å². The molecule has 0 heterocycles. The molecule has 2 nitrogen and oxygen atoms in total. The van der Waals surface area contributed by atoms with E-state index in [0.29, 0.717) is 12.5 Å². The second-order valence-corrected chi connectivity index (χ2v) is 4.75. The number of methoxy groups -OCH3 is 1. The molecule has 0 atom stereocenters. The quantitative estimate of drug-likeness (QED) is 0.829. The second-order valence-electron chi connectivity index (χ2n) is 4.75. The Bertz CT molecular complexity index is 345. The Labute approximate surface area is 98.8 Å². The lowest BCUT2D eigenvalue weighted by Gasteiger charge is -2.16. The summed E-state index contributed by atoms with van der Waals surface area (Å²) in [5.74, 6) is 1.67. The Kier molecular flexibility index (Phi) is 4.81. The molecule has 0 unspecified atom stereocenters. The first kappa shape index (κ1) is 13.0. The van der Waals surface area contributed by atoms with Crippen molar-refractivity contribution in [2.45, 2.75) is 33.6 Å². The van der Waals surface area contributed by atoms with Crippen molar-refractivity contribution in [1.82, 2.24) is 0 Å². The van der Waals surface area contributed by atoms with E-state index in [1.54, 1.807) is 7.11 Å². The normalized spacial score (nSPS) is 10.9. The van der Waals surface area contributed by atoms with Gasteiger partial charge in [0.1, 0.15) is 5.75 Å². The first-order chi connectivity index (χ1) is 7.58. The van der Waals surface area contributed by atoms with Crippen LogP contribution in [0.5, 0.6) is 5.75 Å². The summed E-state index contributed by atoms with van der Waals surface area (Å²) in [5, 5.41) is 0. The highest BCUT2D eigenvalue weighted by atomic mass is 16.5. The highest BCUT2D eigenvalue weighted by Gasteiger charge is 2.11. The monoisotopic (exact) mass is 221 g/mol. The Balaban J connectivity index is 3.13. The van der Waals surface area contributed by atoms with E-state index in [2.05, 4.69) is 32.9 Å². The summed E-state index contributed by atoms with van der Waals surface area (Å²) in [5.41, 5.74) is 9.46. The van der Waals surface area contributed by atoms with Crippen LogP contribution in [0.1, 0.15) is 30.5 Å². The van der Waals surface area contributed by atoms with Crippen LogP contribution in [-0.4, -0.2) is 13.7 Å². The van der Waals surface area contributed by atoms with Gasteiger partial charge in [-0.25, -0.2) is 0 Å². The number of hydrogen-bond donors (Lipinski definition) is 1. The lowest BCUT2D eigenvalue weighted by molar-refractivity contribution is 0.401. The fourth-order valence-electron chi connectivity index (χ4n) is 2.12. The smallest absolute Gasteiger partial charge is 0.125 e. The zero-order valence-corrected chi connectivity index (χ0v) is 10.8. The zero-order chi connectivity index (χ0) is 12.1. The largest absolute Gasteiger partial charge is 0.496 e. The first-order valence-corrected chi connectivity index (χ1v) is 5.95. The van der Waals surface area contributed by atoms with Crippen LogP contribution >= 0.6 is 0 Å². The third-order valence-corrected chi connectivity index (χ3v) is 2.63. The van der Waals surface area contributed by atoms with E-state index in [4.69, 9.17) is 10.5 Å². The fourth-order valence-corrected chi connectivity index (χ4v) is 2.12. The summed E-state index contributed by atoms with van der Waals surface area (Å²) < 4.78 is 5.53. The van der Waals surface area contributed by atoms with Crippen molar-refractivity contribution in [3.8, 4) is 5.75 Å². The van der Waals surface area contributed by atoms with Gasteiger partial charge in [-0.2, -0.15) is 0 Å². The van der Waals surface area contributed by atoms with Gasteiger partial charge in [-0.15, -0.1) is 0 Å². The van der Waals surface area contributed by atoms with E-state index in [9.17, 15) is 0 Å². The molecule has 2 N–H and O–H groups in total. The van der Waals surface area contributed by atoms with Gasteiger partial charge >= 0.3 is 0 Å². The molecule has 0 aliphatic heterocycles. The predicted octanol–water partition coefficient (Wildman–Crippen LogP) is 2.70. The molecule has 90 valence electrons. The highest BCUT2D eigenvalue weighted by Crippen LogP contribution is 2.28. The van der Waals surface area contributed by atoms with Gasteiger partial charge in [-0.3, -0.25) is 0 Å². The Morgan fingerprint density at radius 2 is 1.88 bits per heavy atom. The van der Waals surface area contributed by atoms with Crippen LogP contribution in [0.2, 0.25) is 0 Å². The maximum absolute atomic E-state index is 5.63. The molecule has 0 bridgehead atoms. The van der Waals surface area contributed by atoms with Crippen molar-refractivity contribution in [1.29, 1.82) is 0 Å². The number of nitrogens with two attached hydrogens (primary N) is 1. The molecule has 0 aliphatic carbocycles. The minimum atomic E-state index is 0.640. The summed E-state index contributed by atoms with van der Waals surface area (Å²) in [7, 11) is 1.74. The summed E-state index contributed by atoms with van der Waals surface area (Å²) in [6.45, 7) is 7.25. The molecular formula is C14H23NO. The highest BCUT2D eigenvalue weighted by molar-refractivity contribution is 5.45. The van der Waals surface area contributed by atoms with E-state index in [0.717, 1.165) is 18.6 Å². The number of aryl methyl sites for hydroxylation is 1. The van der Waals surface area contributed by atoms with Crippen LogP contribution < -0.4 is 10.5 Å². The number of rotatable bonds is 5. The van der Waals surface area contributed by atoms with Gasteiger partial charge in [0.05, 0.1) is 7.11 Å². The predicted molar refractivity (Wildman–Crippen MR) is 69.0 cm³/mol. The molecule has 1 aromatic carbocycles. The Hall–Kier alpha value is -1.02. The summed E-state index contributed by atoms with van der Waals surface area (Å²) in [4.78, 5) is 0. The van der Waals surface area contributed by atoms with Gasteiger partial charge in [-0.05, 0) is 43.4 Å². The molecule has 1 aromatic rings. The second kappa shape index (κ2) is 5.90. The van der Waals surface area contributed by atoms with Crippen LogP contribution in [0, 0.1) is 12.8 Å². The molecule has 0 aromatic heterocycles. The molecule has 0 radical (unpaired) electrons. The van der Waals surface area contributed by atoms with Crippen LogP contribution in [0.25, 0.3) is 0 Å². The van der Waals surface area contributed by atoms with Gasteiger partial charge in [0.15, 0.2) is 0 Å². The van der Waals surface area contributed by atoms with Crippen LogP contribution in [-0.2, 0) is 12.8 Å². The molecular weight excluding hydrogens is 198 g/mol. The molecule has 16 heavy (non-hydrogen) atoms. The maximum Gasteiger partial charge on any atom is 0.125 e. The third-order valence-electron chi connectivity index (χ3n) is 2.63. The van der Waals surface area contributed by atoms with E-state index >= 15 is 0 Å². The maximum atomic E-state index is 5.63. The standard InChI is InChI=1S/C14H23NO/c1-10(2)7-13-9-11(3)8-12(5-6-15)14(13)16-4/h8-10H,5-7,15H2,1-4H3. The van der Waals surface area contributed by atoms with Crippen molar-refractivity contribution < 1.29 is 4.74 Å². The van der Waals surface area contributed by atoms with E-state index in [1.807, 2.05) is 0 Å². The Morgan fingerprint density at radius 1 is 1.25 bits per heavy atom. The van der Waals surface area contributed by atoms with Gasteiger partial charge in [0.2, 0.25) is 0 Å². The summed E-state index contributed by atoms with van der Waals surface area (Å²) in [6, 6.07) is 4.40. The third kappa shape index (κ3) is 3.24. The molecule has 0 spiro atoms. The van der Waals surface area contributed by atoms with E-state index in [1.165, 1.54) is 16.7 Å². The van der Waals surface area contributed by atoms with Crippen LogP contribution in [0.4, 0.5) is 0 Å². The van der Waals surface area contributed by atoms with Crippen molar-refractivity contribution in [2.24, 2.45) is 11.7 Å². The molecule has 0 aliphatic rings. The molecule has 0 saturated heterocycles. The van der Waals surface area contributed by atoms with Crippen molar-refractivity contribution in [3.63, 3.8) is 0 Å². The van der Waals surface area contributed by atoms with Gasteiger partial charge in [0, 0.05) is 0 Å². The van der Waals surface area contributed by atoms with Crippen molar-refractivity contribution >= 4 is 0 Å². The zero-order valence-electron chi connectivity index (χ0n) is 10.8. The topological polar surface area (TPSA) is 35.2 Å². The average Bonchev–Trinajstić information content (AvgIpc) is 2.16. The van der Waals surface area contributed by atoms with Crippen molar-refractivity contribution in [2.75, 3.05) is 13.7 Å². The van der Waals surface area contributed by atoms with E-state index < -0.39 is 0 Å². The number of benzene rings is 1. The minimum absolute atomic E-state index is 0.640. The average molecular weight is 221 g/mol. The lowest BCUT2D eigenvalue weighted by atomic mass is 9.96. The molecule has 0 saturated carbocycles. The molecule has 2 heteroatoms. The number of ether oxygens (including phenoxy) is 1. The molecule has 0 fully saturated rings. The van der Waals surface area contributed by atoms with Gasteiger partial charge in [0.25, 0.3) is 0 Å². The number of hydrogen-bond acceptors (Lipinski definition) is 2. The SMILES string of the molecule is COc1c(CCN)cc(C)cc1CC(C)C. The first-order valence-electron chi connectivity index (χ1n) is 5.95. The van der Waals surface area contributed by atoms with E-state index in [-0.39, 0.29) is 0 Å². The lowest BCUT2D eigenvalue weighted by Crippen LogP contribution is -2.07. The van der Waals surface area contributed by atoms with Crippen LogP contribution in [0.15, 0.2) is 12.1 Å². The van der Waals surface area contributed by atoms with Gasteiger partial charge in [-0.1, -0.05) is 31.5 Å². The van der Waals surface area contributed by atoms with Gasteiger partial charge < -0.3 is 10.5 Å².